The maximum atomic E-state index is 5.60. The number of hydrogen-bond donors (Lipinski definition) is 2. The van der Waals surface area contributed by atoms with Gasteiger partial charge in [0.05, 0.1) is 11.2 Å². The van der Waals surface area contributed by atoms with Gasteiger partial charge in [0, 0.05) is 18.0 Å². The first kappa shape index (κ1) is 9.64. The first-order valence-electron chi connectivity index (χ1n) is 4.12. The number of thiazole rings is 1. The molecule has 0 bridgehead atoms. The van der Waals surface area contributed by atoms with E-state index in [-0.39, 0.29) is 6.04 Å². The smallest absolute Gasteiger partial charge is 0.0795 e. The van der Waals surface area contributed by atoms with Gasteiger partial charge in [-0.15, -0.1) is 11.3 Å². The quantitative estimate of drug-likeness (QED) is 0.672. The van der Waals surface area contributed by atoms with Gasteiger partial charge in [0.2, 0.25) is 0 Å². The lowest BCUT2D eigenvalue weighted by Crippen LogP contribution is -2.23. The number of nitrogens with zero attached hydrogens (tertiary/aromatic N) is 1. The molecular weight excluding hydrogens is 170 g/mol. The van der Waals surface area contributed by atoms with E-state index in [1.807, 2.05) is 12.4 Å². The second kappa shape index (κ2) is 5.24. The van der Waals surface area contributed by atoms with Gasteiger partial charge in [-0.05, 0) is 19.9 Å². The zero-order valence-electron chi connectivity index (χ0n) is 7.29. The summed E-state index contributed by atoms with van der Waals surface area (Å²) in [4.78, 5) is 4.16. The first-order chi connectivity index (χ1) is 5.79. The molecule has 12 heavy (non-hydrogen) atoms. The van der Waals surface area contributed by atoms with Crippen molar-refractivity contribution in [1.82, 2.24) is 10.3 Å². The van der Waals surface area contributed by atoms with Crippen molar-refractivity contribution in [1.29, 1.82) is 0 Å². The van der Waals surface area contributed by atoms with Crippen molar-refractivity contribution in [2.45, 2.75) is 25.9 Å². The fourth-order valence-electron chi connectivity index (χ4n) is 0.871. The predicted molar refractivity (Wildman–Crippen MR) is 52.1 cm³/mol. The van der Waals surface area contributed by atoms with E-state index in [9.17, 15) is 0 Å². The molecule has 0 aliphatic rings. The van der Waals surface area contributed by atoms with Gasteiger partial charge in [-0.1, -0.05) is 0 Å². The highest BCUT2D eigenvalue weighted by Crippen LogP contribution is 1.99. The summed E-state index contributed by atoms with van der Waals surface area (Å²) in [5.74, 6) is 0. The van der Waals surface area contributed by atoms with Crippen molar-refractivity contribution < 1.29 is 0 Å². The lowest BCUT2D eigenvalue weighted by molar-refractivity contribution is 0.585. The van der Waals surface area contributed by atoms with Crippen LogP contribution >= 0.6 is 11.3 Å². The van der Waals surface area contributed by atoms with Crippen LogP contribution in [0.25, 0.3) is 0 Å². The summed E-state index contributed by atoms with van der Waals surface area (Å²) in [6.45, 7) is 3.84. The summed E-state index contributed by atoms with van der Waals surface area (Å²) in [6.07, 6.45) is 1.02. The maximum Gasteiger partial charge on any atom is 0.0795 e. The van der Waals surface area contributed by atoms with Crippen molar-refractivity contribution in [2.24, 2.45) is 5.73 Å². The lowest BCUT2D eigenvalue weighted by Gasteiger charge is -2.04. The average Bonchev–Trinajstić information content (AvgIpc) is 2.49. The predicted octanol–water partition coefficient (Wildman–Crippen LogP) is 0.970. The number of rotatable bonds is 5. The molecule has 0 aliphatic heterocycles. The van der Waals surface area contributed by atoms with Crippen LogP contribution in [0, 0.1) is 0 Å². The van der Waals surface area contributed by atoms with E-state index in [0.717, 1.165) is 25.2 Å². The normalized spacial score (nSPS) is 13.2. The van der Waals surface area contributed by atoms with Crippen LogP contribution in [0.2, 0.25) is 0 Å². The summed E-state index contributed by atoms with van der Waals surface area (Å²) in [6, 6.07) is 0.285. The third-order valence-corrected chi connectivity index (χ3v) is 2.20. The van der Waals surface area contributed by atoms with Gasteiger partial charge >= 0.3 is 0 Å². The Labute approximate surface area is 77.0 Å². The molecule has 1 rings (SSSR count). The zero-order chi connectivity index (χ0) is 8.81. The molecule has 0 aromatic carbocycles. The summed E-state index contributed by atoms with van der Waals surface area (Å²) >= 11 is 1.63. The SMILES string of the molecule is CC(N)CCNCc1cscn1. The third kappa shape index (κ3) is 3.80. The minimum atomic E-state index is 0.285. The Morgan fingerprint density at radius 3 is 3.17 bits per heavy atom. The fourth-order valence-corrected chi connectivity index (χ4v) is 1.43. The Balaban J connectivity index is 2.04. The van der Waals surface area contributed by atoms with E-state index in [4.69, 9.17) is 5.73 Å². The van der Waals surface area contributed by atoms with Gasteiger partial charge < -0.3 is 11.1 Å². The molecule has 0 amide bonds. The Morgan fingerprint density at radius 1 is 1.75 bits per heavy atom. The van der Waals surface area contributed by atoms with Gasteiger partial charge in [-0.3, -0.25) is 0 Å². The molecule has 1 heterocycles. The molecule has 0 radical (unpaired) electrons. The Bertz CT molecular complexity index is 196. The second-order valence-corrected chi connectivity index (χ2v) is 3.64. The minimum Gasteiger partial charge on any atom is -0.328 e. The van der Waals surface area contributed by atoms with Crippen LogP contribution in [0.1, 0.15) is 19.0 Å². The van der Waals surface area contributed by atoms with Crippen LogP contribution in [0.15, 0.2) is 10.9 Å². The molecule has 1 atom stereocenters. The van der Waals surface area contributed by atoms with Crippen LogP contribution in [0.5, 0.6) is 0 Å². The van der Waals surface area contributed by atoms with E-state index in [1.54, 1.807) is 11.3 Å². The highest BCUT2D eigenvalue weighted by Gasteiger charge is 1.95. The van der Waals surface area contributed by atoms with E-state index in [2.05, 4.69) is 15.7 Å². The standard InChI is InChI=1S/C8H15N3S/c1-7(9)2-3-10-4-8-5-12-6-11-8/h5-7,10H,2-4,9H2,1H3. The first-order valence-corrected chi connectivity index (χ1v) is 5.06. The molecule has 3 N–H and O–H groups in total. The minimum absolute atomic E-state index is 0.285. The lowest BCUT2D eigenvalue weighted by atomic mass is 10.2. The van der Waals surface area contributed by atoms with E-state index in [0.29, 0.717) is 0 Å². The molecule has 0 saturated heterocycles. The number of nitrogens with one attached hydrogen (secondary N) is 1. The Morgan fingerprint density at radius 2 is 2.58 bits per heavy atom. The molecule has 3 nitrogen and oxygen atoms in total. The largest absolute Gasteiger partial charge is 0.328 e. The van der Waals surface area contributed by atoms with Crippen molar-refractivity contribution in [2.75, 3.05) is 6.54 Å². The van der Waals surface area contributed by atoms with Crippen molar-refractivity contribution in [3.63, 3.8) is 0 Å². The highest BCUT2D eigenvalue weighted by molar-refractivity contribution is 7.07. The molecular formula is C8H15N3S. The van der Waals surface area contributed by atoms with E-state index >= 15 is 0 Å². The number of aromatic nitrogens is 1. The molecule has 0 spiro atoms. The Hall–Kier alpha value is -0.450. The second-order valence-electron chi connectivity index (χ2n) is 2.92. The van der Waals surface area contributed by atoms with Crippen LogP contribution < -0.4 is 11.1 Å². The fraction of sp³-hybridized carbons (Fsp3) is 0.625. The summed E-state index contributed by atoms with van der Waals surface area (Å²) < 4.78 is 0. The number of hydrogen-bond acceptors (Lipinski definition) is 4. The van der Waals surface area contributed by atoms with E-state index in [1.165, 1.54) is 0 Å². The van der Waals surface area contributed by atoms with Gasteiger partial charge in [-0.25, -0.2) is 4.98 Å². The van der Waals surface area contributed by atoms with Crippen LogP contribution in [-0.4, -0.2) is 17.6 Å². The molecule has 0 fully saturated rings. The van der Waals surface area contributed by atoms with Crippen molar-refractivity contribution >= 4 is 11.3 Å². The molecule has 1 aromatic rings. The monoisotopic (exact) mass is 185 g/mol. The average molecular weight is 185 g/mol. The molecule has 68 valence electrons. The third-order valence-electron chi connectivity index (χ3n) is 1.57. The highest BCUT2D eigenvalue weighted by atomic mass is 32.1. The van der Waals surface area contributed by atoms with Crippen LogP contribution in [0.3, 0.4) is 0 Å². The molecule has 0 aliphatic carbocycles. The molecule has 1 unspecified atom stereocenters. The maximum absolute atomic E-state index is 5.60. The van der Waals surface area contributed by atoms with Crippen LogP contribution in [-0.2, 0) is 6.54 Å². The summed E-state index contributed by atoms with van der Waals surface area (Å²) in [5, 5.41) is 5.34. The topological polar surface area (TPSA) is 50.9 Å². The van der Waals surface area contributed by atoms with Gasteiger partial charge in [-0.2, -0.15) is 0 Å². The van der Waals surface area contributed by atoms with Crippen molar-refractivity contribution in [3.05, 3.63) is 16.6 Å². The summed E-state index contributed by atoms with van der Waals surface area (Å²) in [7, 11) is 0. The van der Waals surface area contributed by atoms with Gasteiger partial charge in [0.15, 0.2) is 0 Å². The zero-order valence-corrected chi connectivity index (χ0v) is 8.10. The molecule has 0 saturated carbocycles. The van der Waals surface area contributed by atoms with Gasteiger partial charge in [0.1, 0.15) is 0 Å². The summed E-state index contributed by atoms with van der Waals surface area (Å²) in [5.41, 5.74) is 8.56. The number of nitrogens with two attached hydrogens (primary N) is 1. The Kier molecular flexibility index (Phi) is 4.21. The van der Waals surface area contributed by atoms with Gasteiger partial charge in [0.25, 0.3) is 0 Å². The molecule has 1 aromatic heterocycles. The molecule has 4 heteroatoms. The van der Waals surface area contributed by atoms with E-state index < -0.39 is 0 Å². The van der Waals surface area contributed by atoms with Crippen LogP contribution in [0.4, 0.5) is 0 Å². The van der Waals surface area contributed by atoms with Crippen molar-refractivity contribution in [3.8, 4) is 0 Å².